The Balaban J connectivity index is 1.45. The second-order valence-electron chi connectivity index (χ2n) is 7.02. The molecule has 3 rings (SSSR count). The van der Waals surface area contributed by atoms with Gasteiger partial charge in [-0.05, 0) is 61.1 Å². The van der Waals surface area contributed by atoms with Crippen molar-refractivity contribution >= 4 is 0 Å². The van der Waals surface area contributed by atoms with E-state index in [0.717, 1.165) is 17.9 Å². The smallest absolute Gasteiger partial charge is 0.00788 e. The first-order valence-electron chi connectivity index (χ1n) is 7.35. The van der Waals surface area contributed by atoms with E-state index in [-0.39, 0.29) is 0 Å². The third-order valence-corrected chi connectivity index (χ3v) is 5.14. The molecule has 0 amide bonds. The molecule has 0 aliphatic heterocycles. The summed E-state index contributed by atoms with van der Waals surface area (Å²) in [5.41, 5.74) is 3.65. The van der Waals surface area contributed by atoms with Gasteiger partial charge in [0.25, 0.3) is 0 Å². The molecule has 18 heavy (non-hydrogen) atoms. The van der Waals surface area contributed by atoms with Gasteiger partial charge in [-0.25, -0.2) is 0 Å². The van der Waals surface area contributed by atoms with Crippen LogP contribution in [0.3, 0.4) is 0 Å². The standard InChI is InChI=1S/C17H25N/c1-12-6-4-5-7-16(12)13-8-15(9-13)18-11-14-10-17(14,2)3/h4-7,13-15,18H,8-11H2,1-3H3. The highest BCUT2D eigenvalue weighted by Gasteiger charge is 2.45. The molecule has 0 heterocycles. The van der Waals surface area contributed by atoms with Crippen LogP contribution in [0.5, 0.6) is 0 Å². The summed E-state index contributed by atoms with van der Waals surface area (Å²) in [5.74, 6) is 1.73. The molecule has 2 fully saturated rings. The molecule has 2 saturated carbocycles. The summed E-state index contributed by atoms with van der Waals surface area (Å²) >= 11 is 0. The van der Waals surface area contributed by atoms with E-state index in [4.69, 9.17) is 0 Å². The van der Waals surface area contributed by atoms with E-state index < -0.39 is 0 Å². The monoisotopic (exact) mass is 243 g/mol. The third-order valence-electron chi connectivity index (χ3n) is 5.14. The van der Waals surface area contributed by atoms with Gasteiger partial charge in [0.15, 0.2) is 0 Å². The summed E-state index contributed by atoms with van der Waals surface area (Å²) in [6.07, 6.45) is 4.07. The molecule has 0 spiro atoms. The normalized spacial score (nSPS) is 32.9. The first-order chi connectivity index (χ1) is 8.56. The first-order valence-corrected chi connectivity index (χ1v) is 7.35. The van der Waals surface area contributed by atoms with Crippen LogP contribution in [-0.2, 0) is 0 Å². The number of aryl methyl sites for hydroxylation is 1. The average Bonchev–Trinajstić information content (AvgIpc) is 2.87. The number of rotatable bonds is 4. The topological polar surface area (TPSA) is 12.0 Å². The van der Waals surface area contributed by atoms with Crippen molar-refractivity contribution in [2.75, 3.05) is 6.54 Å². The number of hydrogen-bond acceptors (Lipinski definition) is 1. The number of hydrogen-bond donors (Lipinski definition) is 1. The lowest BCUT2D eigenvalue weighted by atomic mass is 9.74. The second kappa shape index (κ2) is 4.38. The lowest BCUT2D eigenvalue weighted by Crippen LogP contribution is -2.41. The fourth-order valence-electron chi connectivity index (χ4n) is 3.32. The molecule has 1 N–H and O–H groups in total. The lowest BCUT2D eigenvalue weighted by Gasteiger charge is -2.37. The van der Waals surface area contributed by atoms with Crippen LogP contribution in [0.15, 0.2) is 24.3 Å². The largest absolute Gasteiger partial charge is 0.314 e. The summed E-state index contributed by atoms with van der Waals surface area (Å²) in [5, 5.41) is 3.76. The Labute approximate surface area is 111 Å². The fraction of sp³-hybridized carbons (Fsp3) is 0.647. The minimum absolute atomic E-state index is 0.617. The maximum atomic E-state index is 3.76. The highest BCUT2D eigenvalue weighted by atomic mass is 14.9. The first kappa shape index (κ1) is 12.2. The summed E-state index contributed by atoms with van der Waals surface area (Å²) < 4.78 is 0. The maximum absolute atomic E-state index is 3.76. The fourth-order valence-corrected chi connectivity index (χ4v) is 3.32. The van der Waals surface area contributed by atoms with Crippen LogP contribution < -0.4 is 5.32 Å². The van der Waals surface area contributed by atoms with Gasteiger partial charge in [-0.15, -0.1) is 0 Å². The molecule has 98 valence electrons. The van der Waals surface area contributed by atoms with E-state index >= 15 is 0 Å². The summed E-state index contributed by atoms with van der Waals surface area (Å²) in [6, 6.07) is 9.63. The molecule has 1 heteroatoms. The van der Waals surface area contributed by atoms with Crippen molar-refractivity contribution in [1.82, 2.24) is 5.32 Å². The average molecular weight is 243 g/mol. The van der Waals surface area contributed by atoms with E-state index in [9.17, 15) is 0 Å². The molecular weight excluding hydrogens is 218 g/mol. The van der Waals surface area contributed by atoms with E-state index in [2.05, 4.69) is 50.4 Å². The Hall–Kier alpha value is -0.820. The van der Waals surface area contributed by atoms with Crippen LogP contribution in [0.2, 0.25) is 0 Å². The minimum Gasteiger partial charge on any atom is -0.314 e. The molecule has 2 aliphatic carbocycles. The quantitative estimate of drug-likeness (QED) is 0.846. The molecule has 1 atom stereocenters. The predicted octanol–water partition coefficient (Wildman–Crippen LogP) is 3.88. The molecule has 2 aliphatic rings. The van der Waals surface area contributed by atoms with Crippen LogP contribution in [0.25, 0.3) is 0 Å². The van der Waals surface area contributed by atoms with Crippen molar-refractivity contribution in [3.8, 4) is 0 Å². The Bertz CT molecular complexity index is 429. The minimum atomic E-state index is 0.617. The molecular formula is C17H25N. The van der Waals surface area contributed by atoms with Gasteiger partial charge in [0.1, 0.15) is 0 Å². The van der Waals surface area contributed by atoms with Crippen molar-refractivity contribution < 1.29 is 0 Å². The molecule has 1 aromatic rings. The molecule has 1 nitrogen and oxygen atoms in total. The summed E-state index contributed by atoms with van der Waals surface area (Å²) in [6.45, 7) is 8.24. The van der Waals surface area contributed by atoms with Crippen LogP contribution in [0, 0.1) is 18.3 Å². The van der Waals surface area contributed by atoms with Gasteiger partial charge in [0.2, 0.25) is 0 Å². The predicted molar refractivity (Wildman–Crippen MR) is 76.8 cm³/mol. The van der Waals surface area contributed by atoms with Gasteiger partial charge in [-0.3, -0.25) is 0 Å². The van der Waals surface area contributed by atoms with E-state index in [1.807, 2.05) is 0 Å². The van der Waals surface area contributed by atoms with Crippen molar-refractivity contribution in [3.05, 3.63) is 35.4 Å². The Morgan fingerprint density at radius 1 is 1.22 bits per heavy atom. The Morgan fingerprint density at radius 2 is 1.89 bits per heavy atom. The molecule has 1 aromatic carbocycles. The zero-order valence-electron chi connectivity index (χ0n) is 11.9. The van der Waals surface area contributed by atoms with E-state index in [0.29, 0.717) is 5.41 Å². The van der Waals surface area contributed by atoms with E-state index in [1.165, 1.54) is 31.4 Å². The zero-order chi connectivity index (χ0) is 12.8. The lowest BCUT2D eigenvalue weighted by molar-refractivity contribution is 0.283. The van der Waals surface area contributed by atoms with Gasteiger partial charge < -0.3 is 5.32 Å². The Kier molecular flexibility index (Phi) is 2.97. The van der Waals surface area contributed by atoms with Crippen molar-refractivity contribution in [3.63, 3.8) is 0 Å². The van der Waals surface area contributed by atoms with Crippen molar-refractivity contribution in [1.29, 1.82) is 0 Å². The van der Waals surface area contributed by atoms with Gasteiger partial charge >= 0.3 is 0 Å². The van der Waals surface area contributed by atoms with Crippen molar-refractivity contribution in [2.45, 2.75) is 52.0 Å². The molecule has 0 saturated heterocycles. The number of benzene rings is 1. The second-order valence-corrected chi connectivity index (χ2v) is 7.02. The zero-order valence-corrected chi connectivity index (χ0v) is 11.9. The van der Waals surface area contributed by atoms with Crippen LogP contribution in [0.4, 0.5) is 0 Å². The molecule has 0 aromatic heterocycles. The number of nitrogens with one attached hydrogen (secondary N) is 1. The molecule has 1 unspecified atom stereocenters. The Morgan fingerprint density at radius 3 is 2.50 bits per heavy atom. The van der Waals surface area contributed by atoms with E-state index in [1.54, 1.807) is 5.56 Å². The van der Waals surface area contributed by atoms with Crippen LogP contribution in [-0.4, -0.2) is 12.6 Å². The molecule has 0 radical (unpaired) electrons. The van der Waals surface area contributed by atoms with Gasteiger partial charge in [-0.1, -0.05) is 38.1 Å². The van der Waals surface area contributed by atoms with Crippen LogP contribution in [0.1, 0.15) is 50.2 Å². The maximum Gasteiger partial charge on any atom is 0.00788 e. The highest BCUT2D eigenvalue weighted by molar-refractivity contribution is 5.31. The third kappa shape index (κ3) is 2.33. The molecule has 0 bridgehead atoms. The van der Waals surface area contributed by atoms with Gasteiger partial charge in [0, 0.05) is 6.04 Å². The van der Waals surface area contributed by atoms with Gasteiger partial charge in [0.05, 0.1) is 0 Å². The van der Waals surface area contributed by atoms with Crippen molar-refractivity contribution in [2.24, 2.45) is 11.3 Å². The van der Waals surface area contributed by atoms with Crippen LogP contribution >= 0.6 is 0 Å². The van der Waals surface area contributed by atoms with Gasteiger partial charge in [-0.2, -0.15) is 0 Å². The summed E-state index contributed by atoms with van der Waals surface area (Å²) in [4.78, 5) is 0. The highest BCUT2D eigenvalue weighted by Crippen LogP contribution is 2.51. The summed E-state index contributed by atoms with van der Waals surface area (Å²) in [7, 11) is 0. The SMILES string of the molecule is Cc1ccccc1C1CC(NCC2CC2(C)C)C1.